The van der Waals surface area contributed by atoms with Crippen LogP contribution >= 0.6 is 0 Å². The van der Waals surface area contributed by atoms with Crippen LogP contribution in [0.1, 0.15) is 47.5 Å². The molecular formula is C12H22O2. The standard InChI is InChI=1S/C12H22O2/c1-7-11(4,5)10(13)14-12(6,8-2)9-3/h8H,2,7,9H2,1,3-6H3. The van der Waals surface area contributed by atoms with Crippen LogP contribution in [0.25, 0.3) is 0 Å². The number of ether oxygens (including phenoxy) is 1. The molecule has 0 heterocycles. The Morgan fingerprint density at radius 2 is 1.79 bits per heavy atom. The molecule has 1 unspecified atom stereocenters. The van der Waals surface area contributed by atoms with Gasteiger partial charge in [-0.15, -0.1) is 0 Å². The van der Waals surface area contributed by atoms with Crippen molar-refractivity contribution < 1.29 is 9.53 Å². The molecule has 0 aromatic heterocycles. The van der Waals surface area contributed by atoms with Gasteiger partial charge >= 0.3 is 5.97 Å². The molecule has 0 saturated carbocycles. The van der Waals surface area contributed by atoms with Crippen molar-refractivity contribution in [1.82, 2.24) is 0 Å². The summed E-state index contributed by atoms with van der Waals surface area (Å²) in [4.78, 5) is 11.8. The summed E-state index contributed by atoms with van der Waals surface area (Å²) in [7, 11) is 0. The van der Waals surface area contributed by atoms with Crippen molar-refractivity contribution in [2.45, 2.75) is 53.1 Å². The molecule has 82 valence electrons. The van der Waals surface area contributed by atoms with Gasteiger partial charge in [-0.2, -0.15) is 0 Å². The molecule has 0 aromatic carbocycles. The molecule has 0 aliphatic rings. The fraction of sp³-hybridized carbons (Fsp3) is 0.750. The number of esters is 1. The summed E-state index contributed by atoms with van der Waals surface area (Å²) in [5.41, 5.74) is -0.928. The number of hydrogen-bond acceptors (Lipinski definition) is 2. The monoisotopic (exact) mass is 198 g/mol. The minimum atomic E-state index is -0.524. The first-order chi connectivity index (χ1) is 6.31. The molecule has 0 rings (SSSR count). The van der Waals surface area contributed by atoms with E-state index in [1.54, 1.807) is 6.08 Å². The van der Waals surface area contributed by atoms with Crippen molar-refractivity contribution in [3.8, 4) is 0 Å². The first-order valence-corrected chi connectivity index (χ1v) is 5.18. The highest BCUT2D eigenvalue weighted by molar-refractivity contribution is 5.76. The molecule has 0 saturated heterocycles. The summed E-state index contributed by atoms with van der Waals surface area (Å²) in [6.07, 6.45) is 3.22. The second-order valence-electron chi connectivity index (χ2n) is 4.50. The Labute approximate surface area is 87.3 Å². The Hall–Kier alpha value is -0.790. The van der Waals surface area contributed by atoms with Crippen molar-refractivity contribution in [2.75, 3.05) is 0 Å². The quantitative estimate of drug-likeness (QED) is 0.500. The molecule has 0 aliphatic carbocycles. The van der Waals surface area contributed by atoms with Crippen LogP contribution in [-0.2, 0) is 9.53 Å². The van der Waals surface area contributed by atoms with Gasteiger partial charge in [-0.3, -0.25) is 4.79 Å². The third-order valence-corrected chi connectivity index (χ3v) is 2.90. The van der Waals surface area contributed by atoms with Crippen molar-refractivity contribution in [3.63, 3.8) is 0 Å². The van der Waals surface area contributed by atoms with Gasteiger partial charge in [0.2, 0.25) is 0 Å². The highest BCUT2D eigenvalue weighted by Gasteiger charge is 2.32. The lowest BCUT2D eigenvalue weighted by atomic mass is 9.90. The molecule has 2 heteroatoms. The zero-order valence-electron chi connectivity index (χ0n) is 10.0. The van der Waals surface area contributed by atoms with E-state index in [1.165, 1.54) is 0 Å². The molecule has 0 N–H and O–H groups in total. The number of carbonyl (C=O) groups is 1. The zero-order chi connectivity index (χ0) is 11.4. The van der Waals surface area contributed by atoms with Gasteiger partial charge in [0.15, 0.2) is 0 Å². The molecule has 2 nitrogen and oxygen atoms in total. The predicted octanol–water partition coefficient (Wildman–Crippen LogP) is 3.32. The fourth-order valence-electron chi connectivity index (χ4n) is 0.752. The van der Waals surface area contributed by atoms with E-state index in [1.807, 2.05) is 34.6 Å². The van der Waals surface area contributed by atoms with Gasteiger partial charge < -0.3 is 4.74 Å². The Morgan fingerprint density at radius 3 is 2.07 bits per heavy atom. The first kappa shape index (κ1) is 13.2. The molecule has 14 heavy (non-hydrogen) atoms. The lowest BCUT2D eigenvalue weighted by molar-refractivity contribution is -0.165. The number of hydrogen-bond donors (Lipinski definition) is 0. The number of rotatable bonds is 5. The molecular weight excluding hydrogens is 176 g/mol. The van der Waals surface area contributed by atoms with Crippen molar-refractivity contribution >= 4 is 5.97 Å². The van der Waals surface area contributed by atoms with E-state index < -0.39 is 11.0 Å². The predicted molar refractivity (Wildman–Crippen MR) is 59.1 cm³/mol. The maximum absolute atomic E-state index is 11.8. The second-order valence-corrected chi connectivity index (χ2v) is 4.50. The highest BCUT2D eigenvalue weighted by atomic mass is 16.6. The van der Waals surface area contributed by atoms with Gasteiger partial charge in [0.05, 0.1) is 5.41 Å². The third-order valence-electron chi connectivity index (χ3n) is 2.90. The van der Waals surface area contributed by atoms with Gasteiger partial charge in [0.1, 0.15) is 5.60 Å². The molecule has 0 spiro atoms. The smallest absolute Gasteiger partial charge is 0.312 e. The third kappa shape index (κ3) is 3.17. The summed E-state index contributed by atoms with van der Waals surface area (Å²) in [5, 5.41) is 0. The average molecular weight is 198 g/mol. The maximum atomic E-state index is 11.8. The lowest BCUT2D eigenvalue weighted by Gasteiger charge is -2.30. The van der Waals surface area contributed by atoms with E-state index in [9.17, 15) is 4.79 Å². The maximum Gasteiger partial charge on any atom is 0.312 e. The first-order valence-electron chi connectivity index (χ1n) is 5.18. The average Bonchev–Trinajstić information content (AvgIpc) is 2.17. The summed E-state index contributed by atoms with van der Waals surface area (Å²) < 4.78 is 5.44. The van der Waals surface area contributed by atoms with Gasteiger partial charge in [0, 0.05) is 0 Å². The minimum Gasteiger partial charge on any atom is -0.455 e. The van der Waals surface area contributed by atoms with Crippen molar-refractivity contribution in [2.24, 2.45) is 5.41 Å². The van der Waals surface area contributed by atoms with E-state index >= 15 is 0 Å². The van der Waals surface area contributed by atoms with Crippen LogP contribution in [0.2, 0.25) is 0 Å². The summed E-state index contributed by atoms with van der Waals surface area (Å²) in [6, 6.07) is 0. The molecule has 0 aliphatic heterocycles. The van der Waals surface area contributed by atoms with Crippen molar-refractivity contribution in [1.29, 1.82) is 0 Å². The van der Waals surface area contributed by atoms with Crippen LogP contribution in [0.3, 0.4) is 0 Å². The Balaban J connectivity index is 4.53. The number of carbonyl (C=O) groups excluding carboxylic acids is 1. The van der Waals surface area contributed by atoms with E-state index in [4.69, 9.17) is 4.74 Å². The summed E-state index contributed by atoms with van der Waals surface area (Å²) >= 11 is 0. The topological polar surface area (TPSA) is 26.3 Å². The van der Waals surface area contributed by atoms with Crippen LogP contribution in [0.5, 0.6) is 0 Å². The van der Waals surface area contributed by atoms with Gasteiger partial charge in [-0.1, -0.05) is 20.4 Å². The Bertz CT molecular complexity index is 218. The summed E-state index contributed by atoms with van der Waals surface area (Å²) in [5.74, 6) is -0.149. The van der Waals surface area contributed by atoms with Crippen LogP contribution in [0.4, 0.5) is 0 Å². The summed E-state index contributed by atoms with van der Waals surface area (Å²) in [6.45, 7) is 13.3. The van der Waals surface area contributed by atoms with Crippen LogP contribution < -0.4 is 0 Å². The molecule has 1 atom stereocenters. The molecule has 0 radical (unpaired) electrons. The molecule has 0 bridgehead atoms. The van der Waals surface area contributed by atoms with Crippen LogP contribution in [0.15, 0.2) is 12.7 Å². The molecule has 0 aromatic rings. The molecule has 0 amide bonds. The van der Waals surface area contributed by atoms with E-state index in [0.717, 1.165) is 12.8 Å². The SMILES string of the molecule is C=CC(C)(CC)OC(=O)C(C)(C)CC. The van der Waals surface area contributed by atoms with Crippen LogP contribution in [0, 0.1) is 5.41 Å². The Morgan fingerprint density at radius 1 is 1.29 bits per heavy atom. The second kappa shape index (κ2) is 4.63. The van der Waals surface area contributed by atoms with Gasteiger partial charge in [-0.05, 0) is 39.7 Å². The lowest BCUT2D eigenvalue weighted by Crippen LogP contribution is -2.35. The minimum absolute atomic E-state index is 0.149. The van der Waals surface area contributed by atoms with E-state index in [2.05, 4.69) is 6.58 Å². The zero-order valence-corrected chi connectivity index (χ0v) is 10.0. The van der Waals surface area contributed by atoms with Crippen molar-refractivity contribution in [3.05, 3.63) is 12.7 Å². The van der Waals surface area contributed by atoms with Gasteiger partial charge in [-0.25, -0.2) is 0 Å². The fourth-order valence-corrected chi connectivity index (χ4v) is 0.752. The largest absolute Gasteiger partial charge is 0.455 e. The molecule has 0 fully saturated rings. The Kier molecular flexibility index (Phi) is 4.37. The highest BCUT2D eigenvalue weighted by Crippen LogP contribution is 2.26. The van der Waals surface area contributed by atoms with Gasteiger partial charge in [0.25, 0.3) is 0 Å². The van der Waals surface area contributed by atoms with E-state index in [-0.39, 0.29) is 5.97 Å². The normalized spacial score (nSPS) is 15.8. The van der Waals surface area contributed by atoms with Crippen LogP contribution in [-0.4, -0.2) is 11.6 Å². The van der Waals surface area contributed by atoms with E-state index in [0.29, 0.717) is 0 Å².